The molecule has 0 amide bonds. The summed E-state index contributed by atoms with van der Waals surface area (Å²) in [4.78, 5) is 13.5. The van der Waals surface area contributed by atoms with Gasteiger partial charge in [0.25, 0.3) is 0 Å². The minimum atomic E-state index is -4.03. The first-order valence-corrected chi connectivity index (χ1v) is 14.1. The van der Waals surface area contributed by atoms with Crippen molar-refractivity contribution in [2.45, 2.75) is 43.0 Å². The van der Waals surface area contributed by atoms with Gasteiger partial charge in [-0.05, 0) is 48.4 Å². The molecule has 6 rings (SSSR count). The summed E-state index contributed by atoms with van der Waals surface area (Å²) in [5.41, 5.74) is 1.80. The van der Waals surface area contributed by atoms with Crippen LogP contribution in [0.25, 0.3) is 0 Å². The Hall–Kier alpha value is -4.14. The minimum absolute atomic E-state index is 0.0561. The molecule has 0 aliphatic carbocycles. The molecule has 3 aromatic carbocycles. The molecule has 3 heterocycles. The van der Waals surface area contributed by atoms with E-state index in [1.807, 2.05) is 67.6 Å². The van der Waals surface area contributed by atoms with Crippen LogP contribution in [-0.2, 0) is 43.2 Å². The van der Waals surface area contributed by atoms with E-state index in [1.165, 1.54) is 4.31 Å². The van der Waals surface area contributed by atoms with Crippen LogP contribution in [0.5, 0.6) is 0 Å². The normalized spacial score (nSPS) is 20.7. The Kier molecular flexibility index (Phi) is 6.37. The molecule has 4 aromatic rings. The number of nitrogens with zero attached hydrogens (tertiary/aromatic N) is 1. The maximum absolute atomic E-state index is 14.2. The minimum Gasteiger partial charge on any atom is -0.469 e. The fraction of sp³-hybridized carbons (Fsp3) is 0.194. The summed E-state index contributed by atoms with van der Waals surface area (Å²) in [6, 6.07) is 27.1. The Labute approximate surface area is 227 Å². The second-order valence-electron chi connectivity index (χ2n) is 9.79. The molecule has 0 saturated carbocycles. The molecular weight excluding hydrogens is 514 g/mol. The first kappa shape index (κ1) is 25.2. The van der Waals surface area contributed by atoms with Crippen molar-refractivity contribution in [2.75, 3.05) is 0 Å². The van der Waals surface area contributed by atoms with Crippen LogP contribution in [0.3, 0.4) is 0 Å². The molecule has 1 spiro atoms. The Bertz CT molecular complexity index is 1630. The lowest BCUT2D eigenvalue weighted by atomic mass is 9.87. The number of sulfonamides is 1. The number of rotatable bonds is 6. The standard InChI is InChI=1S/C31H27NO6S/c1-22-13-15-26(16-14-22)39(34,35)32-20-24-10-5-6-11-27(24)31(32)19-25(28-12-7-17-36-28)18-29(38-31)30(33)37-21-23-8-3-2-4-9-23/h2-18,25H,19-21H2,1H3/t25-,31-/m0/s1. The van der Waals surface area contributed by atoms with Gasteiger partial charge in [0, 0.05) is 24.4 Å². The number of allylic oxidation sites excluding steroid dienone is 1. The van der Waals surface area contributed by atoms with Crippen molar-refractivity contribution in [2.24, 2.45) is 0 Å². The largest absolute Gasteiger partial charge is 0.469 e. The van der Waals surface area contributed by atoms with Gasteiger partial charge in [-0.3, -0.25) is 0 Å². The molecule has 1 aromatic heterocycles. The van der Waals surface area contributed by atoms with E-state index in [1.54, 1.807) is 42.7 Å². The molecule has 0 bridgehead atoms. The van der Waals surface area contributed by atoms with E-state index in [4.69, 9.17) is 13.9 Å². The third-order valence-corrected chi connectivity index (χ3v) is 9.09. The van der Waals surface area contributed by atoms with Crippen molar-refractivity contribution in [1.29, 1.82) is 0 Å². The molecule has 8 heteroatoms. The molecule has 39 heavy (non-hydrogen) atoms. The molecule has 2 atom stereocenters. The third-order valence-electron chi connectivity index (χ3n) is 7.21. The van der Waals surface area contributed by atoms with E-state index < -0.39 is 27.6 Å². The molecule has 2 aliphatic rings. The zero-order valence-electron chi connectivity index (χ0n) is 21.3. The average Bonchev–Trinajstić information content (AvgIpc) is 3.60. The number of hydrogen-bond acceptors (Lipinski definition) is 6. The fourth-order valence-corrected chi connectivity index (χ4v) is 6.92. The van der Waals surface area contributed by atoms with Crippen molar-refractivity contribution < 1.29 is 27.1 Å². The summed E-state index contributed by atoms with van der Waals surface area (Å²) in [6.07, 6.45) is 3.44. The zero-order chi connectivity index (χ0) is 27.0. The quantitative estimate of drug-likeness (QED) is 0.288. The zero-order valence-corrected chi connectivity index (χ0v) is 22.1. The molecule has 0 saturated heterocycles. The maximum Gasteiger partial charge on any atom is 0.373 e. The molecule has 198 valence electrons. The summed E-state index contributed by atoms with van der Waals surface area (Å²) < 4.78 is 47.5. The predicted molar refractivity (Wildman–Crippen MR) is 143 cm³/mol. The van der Waals surface area contributed by atoms with Crippen LogP contribution in [0.15, 0.2) is 118 Å². The highest BCUT2D eigenvalue weighted by Crippen LogP contribution is 2.52. The maximum atomic E-state index is 14.2. The lowest BCUT2D eigenvalue weighted by molar-refractivity contribution is -0.158. The van der Waals surface area contributed by atoms with Crippen LogP contribution in [-0.4, -0.2) is 18.7 Å². The SMILES string of the molecule is Cc1ccc(S(=O)(=O)N2Cc3ccccc3[C@@]23C[C@@H](c2ccco2)C=C(C(=O)OCc2ccccc2)O3)cc1. The van der Waals surface area contributed by atoms with E-state index in [2.05, 4.69) is 0 Å². The van der Waals surface area contributed by atoms with Gasteiger partial charge in [0.1, 0.15) is 12.4 Å². The number of esters is 1. The first-order valence-electron chi connectivity index (χ1n) is 12.7. The monoisotopic (exact) mass is 541 g/mol. The smallest absolute Gasteiger partial charge is 0.373 e. The summed E-state index contributed by atoms with van der Waals surface area (Å²) >= 11 is 0. The molecule has 0 fully saturated rings. The van der Waals surface area contributed by atoms with Crippen LogP contribution in [0.2, 0.25) is 0 Å². The Morgan fingerprint density at radius 1 is 0.974 bits per heavy atom. The predicted octanol–water partition coefficient (Wildman–Crippen LogP) is 5.78. The van der Waals surface area contributed by atoms with E-state index in [9.17, 15) is 13.2 Å². The molecule has 0 N–H and O–H groups in total. The lowest BCUT2D eigenvalue weighted by Crippen LogP contribution is -2.49. The van der Waals surface area contributed by atoms with Crippen LogP contribution in [0.4, 0.5) is 0 Å². The van der Waals surface area contributed by atoms with Gasteiger partial charge < -0.3 is 13.9 Å². The Morgan fingerprint density at radius 2 is 1.72 bits per heavy atom. The summed E-state index contributed by atoms with van der Waals surface area (Å²) in [7, 11) is -4.03. The highest BCUT2D eigenvalue weighted by atomic mass is 32.2. The number of aryl methyl sites for hydroxylation is 1. The van der Waals surface area contributed by atoms with Gasteiger partial charge in [0.05, 0.1) is 11.2 Å². The van der Waals surface area contributed by atoms with Crippen molar-refractivity contribution in [3.8, 4) is 0 Å². The van der Waals surface area contributed by atoms with Crippen LogP contribution < -0.4 is 0 Å². The second-order valence-corrected chi connectivity index (χ2v) is 11.6. The van der Waals surface area contributed by atoms with Crippen molar-refractivity contribution in [3.05, 3.63) is 137 Å². The number of fused-ring (bicyclic) bond motifs is 2. The number of furan rings is 1. The van der Waals surface area contributed by atoms with E-state index in [-0.39, 0.29) is 30.2 Å². The van der Waals surface area contributed by atoms with E-state index >= 15 is 0 Å². The number of ether oxygens (including phenoxy) is 2. The molecule has 2 aliphatic heterocycles. The Morgan fingerprint density at radius 3 is 2.46 bits per heavy atom. The van der Waals surface area contributed by atoms with Crippen LogP contribution in [0, 0.1) is 6.92 Å². The van der Waals surface area contributed by atoms with E-state index in [0.29, 0.717) is 11.3 Å². The average molecular weight is 542 g/mol. The van der Waals surface area contributed by atoms with Gasteiger partial charge in [-0.15, -0.1) is 4.31 Å². The van der Waals surface area contributed by atoms with Crippen LogP contribution in [0.1, 0.15) is 40.4 Å². The fourth-order valence-electron chi connectivity index (χ4n) is 5.28. The van der Waals surface area contributed by atoms with Crippen molar-refractivity contribution in [3.63, 3.8) is 0 Å². The molecule has 7 nitrogen and oxygen atoms in total. The van der Waals surface area contributed by atoms with E-state index in [0.717, 1.165) is 16.7 Å². The van der Waals surface area contributed by atoms with Gasteiger partial charge in [-0.25, -0.2) is 13.2 Å². The number of hydrogen-bond donors (Lipinski definition) is 0. The summed E-state index contributed by atoms with van der Waals surface area (Å²) in [6.45, 7) is 2.06. The lowest BCUT2D eigenvalue weighted by Gasteiger charge is -2.42. The van der Waals surface area contributed by atoms with Gasteiger partial charge in [0.15, 0.2) is 0 Å². The highest BCUT2D eigenvalue weighted by Gasteiger charge is 2.57. The number of benzene rings is 3. The molecule has 0 radical (unpaired) electrons. The van der Waals surface area contributed by atoms with Crippen molar-refractivity contribution >= 4 is 16.0 Å². The van der Waals surface area contributed by atoms with Gasteiger partial charge in [0.2, 0.25) is 21.5 Å². The molecular formula is C31H27NO6S. The van der Waals surface area contributed by atoms with Crippen LogP contribution >= 0.6 is 0 Å². The first-order chi connectivity index (χ1) is 18.9. The van der Waals surface area contributed by atoms with Gasteiger partial charge in [-0.2, -0.15) is 0 Å². The topological polar surface area (TPSA) is 86.1 Å². The van der Waals surface area contributed by atoms with Crippen molar-refractivity contribution in [1.82, 2.24) is 4.31 Å². The summed E-state index contributed by atoms with van der Waals surface area (Å²) in [5, 5.41) is 0. The third kappa shape index (κ3) is 4.56. The van der Waals surface area contributed by atoms with Gasteiger partial charge in [-0.1, -0.05) is 72.3 Å². The highest BCUT2D eigenvalue weighted by molar-refractivity contribution is 7.89. The summed E-state index contributed by atoms with van der Waals surface area (Å²) in [5.74, 6) is -0.566. The molecule has 0 unspecified atom stereocenters. The number of carbonyl (C=O) groups is 1. The number of carbonyl (C=O) groups excluding carboxylic acids is 1. The second kappa shape index (κ2) is 9.87. The Balaban J connectivity index is 1.44. The van der Waals surface area contributed by atoms with Gasteiger partial charge >= 0.3 is 5.97 Å².